The summed E-state index contributed by atoms with van der Waals surface area (Å²) in [5.74, 6) is 0. The fourth-order valence-electron chi connectivity index (χ4n) is 1.69. The first kappa shape index (κ1) is 15.9. The molecule has 2 aromatic heterocycles. The summed E-state index contributed by atoms with van der Waals surface area (Å²) in [6, 6.07) is 3.73. The van der Waals surface area contributed by atoms with Gasteiger partial charge in [-0.05, 0) is 35.6 Å². The molecule has 0 aliphatic carbocycles. The second-order valence-electron chi connectivity index (χ2n) is 5.11. The van der Waals surface area contributed by atoms with Gasteiger partial charge in [0.2, 0.25) is 0 Å². The van der Waals surface area contributed by atoms with E-state index >= 15 is 0 Å². The third kappa shape index (κ3) is 4.26. The molecule has 7 heteroatoms. The normalized spacial score (nSPS) is 11.8. The minimum atomic E-state index is -3.54. The van der Waals surface area contributed by atoms with Gasteiger partial charge in [0.1, 0.15) is 4.21 Å². The number of sulfonamides is 1. The number of nitrogens with zero attached hydrogens (tertiary/aromatic N) is 1. The Hall–Kier alpha value is -1.44. The van der Waals surface area contributed by atoms with Crippen molar-refractivity contribution in [2.45, 2.75) is 37.6 Å². The highest BCUT2D eigenvalue weighted by Gasteiger charge is 2.17. The summed E-state index contributed by atoms with van der Waals surface area (Å²) in [5, 5.41) is 5.13. The lowest BCUT2D eigenvalue weighted by molar-refractivity contribution is 0.589. The van der Waals surface area contributed by atoms with Crippen molar-refractivity contribution in [2.24, 2.45) is 0 Å². The summed E-state index contributed by atoms with van der Waals surface area (Å²) in [4.78, 5) is 3.95. The highest BCUT2D eigenvalue weighted by Crippen LogP contribution is 2.24. The Morgan fingerprint density at radius 1 is 1.38 bits per heavy atom. The quantitative estimate of drug-likeness (QED) is 0.857. The number of nitrogens with one attached hydrogen (secondary N) is 2. The third-order valence-corrected chi connectivity index (χ3v) is 5.73. The van der Waals surface area contributed by atoms with E-state index < -0.39 is 10.0 Å². The first-order valence-electron chi connectivity index (χ1n) is 6.62. The molecule has 0 aliphatic rings. The maximum absolute atomic E-state index is 12.4. The van der Waals surface area contributed by atoms with Crippen LogP contribution in [0.5, 0.6) is 0 Å². The Kier molecular flexibility index (Phi) is 4.97. The molecule has 0 radical (unpaired) electrons. The van der Waals surface area contributed by atoms with Crippen LogP contribution in [0.4, 0.5) is 5.69 Å². The van der Waals surface area contributed by atoms with Crippen molar-refractivity contribution in [2.75, 3.05) is 4.72 Å². The van der Waals surface area contributed by atoms with Crippen LogP contribution in [0, 0.1) is 6.92 Å². The Morgan fingerprint density at radius 3 is 2.81 bits per heavy atom. The minimum absolute atomic E-state index is 0.319. The molecule has 2 heterocycles. The van der Waals surface area contributed by atoms with Gasteiger partial charge in [0.05, 0.1) is 5.69 Å². The van der Waals surface area contributed by atoms with Crippen molar-refractivity contribution in [1.29, 1.82) is 0 Å². The van der Waals surface area contributed by atoms with Crippen LogP contribution in [0.25, 0.3) is 0 Å². The van der Waals surface area contributed by atoms with Gasteiger partial charge in [0, 0.05) is 25.0 Å². The Balaban J connectivity index is 2.15. The monoisotopic (exact) mass is 325 g/mol. The fourth-order valence-corrected chi connectivity index (χ4v) is 4.03. The molecule has 0 atom stereocenters. The second kappa shape index (κ2) is 6.55. The van der Waals surface area contributed by atoms with Gasteiger partial charge < -0.3 is 5.32 Å². The lowest BCUT2D eigenvalue weighted by atomic mass is 10.3. The number of aromatic nitrogens is 1. The van der Waals surface area contributed by atoms with Crippen molar-refractivity contribution in [1.82, 2.24) is 10.3 Å². The molecule has 0 bridgehead atoms. The molecule has 0 unspecified atom stereocenters. The summed E-state index contributed by atoms with van der Waals surface area (Å²) in [7, 11) is -3.54. The second-order valence-corrected chi connectivity index (χ2v) is 7.93. The van der Waals surface area contributed by atoms with Gasteiger partial charge in [-0.2, -0.15) is 0 Å². The largest absolute Gasteiger partial charge is 0.310 e. The van der Waals surface area contributed by atoms with Gasteiger partial charge in [0.25, 0.3) is 10.0 Å². The zero-order valence-corrected chi connectivity index (χ0v) is 13.9. The molecule has 0 saturated heterocycles. The molecule has 2 N–H and O–H groups in total. The highest BCUT2D eigenvalue weighted by atomic mass is 32.2. The van der Waals surface area contributed by atoms with E-state index in [1.807, 2.05) is 12.3 Å². The summed E-state index contributed by atoms with van der Waals surface area (Å²) < 4.78 is 27.6. The van der Waals surface area contributed by atoms with Gasteiger partial charge in [-0.1, -0.05) is 13.8 Å². The van der Waals surface area contributed by atoms with Gasteiger partial charge in [-0.25, -0.2) is 8.42 Å². The highest BCUT2D eigenvalue weighted by molar-refractivity contribution is 7.94. The van der Waals surface area contributed by atoms with Gasteiger partial charge in [-0.15, -0.1) is 11.3 Å². The molecule has 0 spiro atoms. The van der Waals surface area contributed by atoms with E-state index in [4.69, 9.17) is 0 Å². The summed E-state index contributed by atoms with van der Waals surface area (Å²) in [5.41, 5.74) is 2.32. The minimum Gasteiger partial charge on any atom is -0.310 e. The molecule has 114 valence electrons. The molecule has 0 fully saturated rings. The number of rotatable bonds is 6. The Bertz CT molecular complexity index is 709. The van der Waals surface area contributed by atoms with Crippen LogP contribution in [0.15, 0.2) is 34.1 Å². The first-order valence-corrected chi connectivity index (χ1v) is 8.99. The van der Waals surface area contributed by atoms with Crippen LogP contribution in [-0.4, -0.2) is 19.4 Å². The van der Waals surface area contributed by atoms with Crippen LogP contribution < -0.4 is 10.0 Å². The SMILES string of the molecule is Cc1cnccc1NS(=O)(=O)c1cc(CNC(C)C)cs1. The molecule has 0 amide bonds. The van der Waals surface area contributed by atoms with Crippen LogP contribution >= 0.6 is 11.3 Å². The molecule has 0 aromatic carbocycles. The lowest BCUT2D eigenvalue weighted by Crippen LogP contribution is -2.21. The van der Waals surface area contributed by atoms with Gasteiger partial charge in [0.15, 0.2) is 0 Å². The van der Waals surface area contributed by atoms with Crippen molar-refractivity contribution in [3.05, 3.63) is 41.0 Å². The molecule has 2 aromatic rings. The van der Waals surface area contributed by atoms with E-state index in [2.05, 4.69) is 28.9 Å². The van der Waals surface area contributed by atoms with Crippen molar-refractivity contribution in [3.8, 4) is 0 Å². The topological polar surface area (TPSA) is 71.1 Å². The van der Waals surface area contributed by atoms with Gasteiger partial charge in [-0.3, -0.25) is 9.71 Å². The van der Waals surface area contributed by atoms with Crippen molar-refractivity contribution < 1.29 is 8.42 Å². The maximum atomic E-state index is 12.4. The van der Waals surface area contributed by atoms with E-state index in [0.717, 1.165) is 11.1 Å². The average Bonchev–Trinajstić information content (AvgIpc) is 2.88. The molecule has 21 heavy (non-hydrogen) atoms. The number of thiophene rings is 1. The fraction of sp³-hybridized carbons (Fsp3) is 0.357. The molecular weight excluding hydrogens is 306 g/mol. The van der Waals surface area contributed by atoms with Crippen molar-refractivity contribution >= 4 is 27.0 Å². The molecule has 5 nitrogen and oxygen atoms in total. The van der Waals surface area contributed by atoms with Crippen LogP contribution in [0.1, 0.15) is 25.0 Å². The predicted molar refractivity (Wildman–Crippen MR) is 86.1 cm³/mol. The van der Waals surface area contributed by atoms with Crippen LogP contribution in [-0.2, 0) is 16.6 Å². The van der Waals surface area contributed by atoms with E-state index in [9.17, 15) is 8.42 Å². The molecule has 2 rings (SSSR count). The van der Waals surface area contributed by atoms with E-state index in [1.165, 1.54) is 11.3 Å². The van der Waals surface area contributed by atoms with Crippen molar-refractivity contribution in [3.63, 3.8) is 0 Å². The zero-order chi connectivity index (χ0) is 15.5. The Morgan fingerprint density at radius 2 is 2.14 bits per heavy atom. The summed E-state index contributed by atoms with van der Waals surface area (Å²) >= 11 is 1.23. The van der Waals surface area contributed by atoms with Gasteiger partial charge >= 0.3 is 0 Å². The number of aryl methyl sites for hydroxylation is 1. The first-order chi connectivity index (χ1) is 9.88. The smallest absolute Gasteiger partial charge is 0.271 e. The lowest BCUT2D eigenvalue weighted by Gasteiger charge is -2.08. The summed E-state index contributed by atoms with van der Waals surface area (Å²) in [6.07, 6.45) is 3.20. The predicted octanol–water partition coefficient (Wildman–Crippen LogP) is 2.75. The van der Waals surface area contributed by atoms with Crippen LogP contribution in [0.2, 0.25) is 0 Å². The number of hydrogen-bond donors (Lipinski definition) is 2. The molecular formula is C14H19N3O2S2. The number of pyridine rings is 1. The Labute approximate surface area is 129 Å². The summed E-state index contributed by atoms with van der Waals surface area (Å²) in [6.45, 7) is 6.59. The average molecular weight is 325 g/mol. The maximum Gasteiger partial charge on any atom is 0.271 e. The van der Waals surface area contributed by atoms with E-state index in [1.54, 1.807) is 24.5 Å². The standard InChI is InChI=1S/C14H19N3O2S2/c1-10(2)16-8-12-6-14(20-9-12)21(18,19)17-13-4-5-15-7-11(13)3/h4-7,9-10,16H,8H2,1-3H3,(H,15,17). The third-order valence-electron chi connectivity index (χ3n) is 2.87. The number of anilines is 1. The van der Waals surface area contributed by atoms with E-state index in [-0.39, 0.29) is 0 Å². The van der Waals surface area contributed by atoms with E-state index in [0.29, 0.717) is 22.5 Å². The van der Waals surface area contributed by atoms with Crippen LogP contribution in [0.3, 0.4) is 0 Å². The molecule has 0 saturated carbocycles. The zero-order valence-electron chi connectivity index (χ0n) is 12.3. The number of hydrogen-bond acceptors (Lipinski definition) is 5. The molecule has 0 aliphatic heterocycles.